The molecule has 347 valence electrons. The Morgan fingerprint density at radius 2 is 0.722 bits per heavy atom. The number of fused-ring (bicyclic) bond motifs is 4. The SMILES string of the molecule is Cc1cc(-c2cccc3ccccc23)cc(-c2nc(Cl)nc(-c3cccc4ccccc34)n2)n1.Cc1cc(-c2cccc3ccccc23)cc(O[B]O)n1.Clc1nc(Cl)nc(-c2cccc3ccccc23)n1. The number of halogens is 3. The van der Waals surface area contributed by atoms with Crippen LogP contribution in [0.2, 0.25) is 15.9 Å². The zero-order chi connectivity index (χ0) is 49.6. The molecular formula is C58H39BCl3N8O2. The number of nitrogens with zero attached hydrogens (tertiary/aromatic N) is 8. The van der Waals surface area contributed by atoms with E-state index < -0.39 is 0 Å². The van der Waals surface area contributed by atoms with Crippen molar-refractivity contribution in [1.29, 1.82) is 0 Å². The van der Waals surface area contributed by atoms with Crippen LogP contribution >= 0.6 is 34.8 Å². The third kappa shape index (κ3) is 10.6. The van der Waals surface area contributed by atoms with Crippen LogP contribution in [0.1, 0.15) is 11.4 Å². The number of rotatable bonds is 7. The summed E-state index contributed by atoms with van der Waals surface area (Å²) in [6.07, 6.45) is 0. The van der Waals surface area contributed by atoms with Gasteiger partial charge in [0.25, 0.3) is 0 Å². The number of aryl methyl sites for hydroxylation is 2. The van der Waals surface area contributed by atoms with Gasteiger partial charge in [-0.1, -0.05) is 170 Å². The predicted molar refractivity (Wildman–Crippen MR) is 292 cm³/mol. The molecule has 1 radical (unpaired) electrons. The van der Waals surface area contributed by atoms with Gasteiger partial charge in [0.15, 0.2) is 23.4 Å². The summed E-state index contributed by atoms with van der Waals surface area (Å²) in [7, 11) is 0.647. The fourth-order valence-electron chi connectivity index (χ4n) is 8.67. The minimum atomic E-state index is 0.0953. The van der Waals surface area contributed by atoms with E-state index >= 15 is 0 Å². The largest absolute Gasteiger partial charge is 0.570 e. The Morgan fingerprint density at radius 1 is 0.361 bits per heavy atom. The standard InChI is InChI=1S/C29H19ClN4.C16H13BNO2.C13H7Cl2N3/c1-18-16-21(24-14-6-10-19-8-2-4-12-22(19)24)17-26(31-18)28-32-27(33-29(30)34-28)25-15-7-11-20-9-3-5-13-23(20)25;1-11-9-13(10-16(18-11)20-17-19)15-8-4-6-12-5-2-3-7-14(12)15;14-12-16-11(17-13(15)18-12)10-7-3-5-8-4-1-2-6-9(8)10/h2-17H,1H3;2-10,19H,1H3;1-7H. The molecular weight excluding hydrogens is 958 g/mol. The van der Waals surface area contributed by atoms with Crippen molar-refractivity contribution >= 4 is 85.6 Å². The second-order valence-corrected chi connectivity index (χ2v) is 17.5. The lowest BCUT2D eigenvalue weighted by Crippen LogP contribution is -2.02. The van der Waals surface area contributed by atoms with Gasteiger partial charge < -0.3 is 9.68 Å². The zero-order valence-electron chi connectivity index (χ0n) is 38.6. The van der Waals surface area contributed by atoms with E-state index in [0.717, 1.165) is 66.3 Å². The summed E-state index contributed by atoms with van der Waals surface area (Å²) in [4.78, 5) is 34.6. The highest BCUT2D eigenvalue weighted by atomic mass is 35.5. The molecule has 0 saturated carbocycles. The molecule has 0 bridgehead atoms. The highest BCUT2D eigenvalue weighted by Crippen LogP contribution is 2.34. The van der Waals surface area contributed by atoms with Crippen LogP contribution in [0.3, 0.4) is 0 Å². The highest BCUT2D eigenvalue weighted by molar-refractivity contribution is 6.31. The third-order valence-electron chi connectivity index (χ3n) is 11.7. The van der Waals surface area contributed by atoms with Crippen LogP contribution in [0, 0.1) is 13.8 Å². The number of benzene rings is 8. The van der Waals surface area contributed by atoms with E-state index in [-0.39, 0.29) is 15.9 Å². The van der Waals surface area contributed by atoms with E-state index in [4.69, 9.17) is 54.4 Å². The van der Waals surface area contributed by atoms with Gasteiger partial charge in [0.2, 0.25) is 15.9 Å². The number of hydrogen-bond acceptors (Lipinski definition) is 10. The maximum Gasteiger partial charge on any atom is 0.570 e. The number of pyridine rings is 2. The van der Waals surface area contributed by atoms with Crippen molar-refractivity contribution in [2.75, 3.05) is 0 Å². The molecule has 0 atom stereocenters. The monoisotopic (exact) mass is 995 g/mol. The van der Waals surface area contributed by atoms with E-state index in [1.165, 1.54) is 21.5 Å². The molecule has 0 saturated heterocycles. The Morgan fingerprint density at radius 3 is 1.19 bits per heavy atom. The lowest BCUT2D eigenvalue weighted by molar-refractivity contribution is 0.442. The molecule has 0 amide bonds. The fraction of sp³-hybridized carbons (Fsp3) is 0.0345. The molecule has 72 heavy (non-hydrogen) atoms. The van der Waals surface area contributed by atoms with Gasteiger partial charge in [-0.3, -0.25) is 0 Å². The first-order valence-electron chi connectivity index (χ1n) is 22.7. The van der Waals surface area contributed by atoms with Crippen molar-refractivity contribution in [3.63, 3.8) is 0 Å². The predicted octanol–water partition coefficient (Wildman–Crippen LogP) is 14.6. The van der Waals surface area contributed by atoms with Crippen LogP contribution in [0.25, 0.3) is 99.6 Å². The summed E-state index contributed by atoms with van der Waals surface area (Å²) < 4.78 is 4.98. The molecule has 10 nitrogen and oxygen atoms in total. The first-order chi connectivity index (χ1) is 35.2. The van der Waals surface area contributed by atoms with Crippen LogP contribution in [0.5, 0.6) is 5.88 Å². The van der Waals surface area contributed by atoms with Gasteiger partial charge in [0.1, 0.15) is 5.69 Å². The topological polar surface area (TPSA) is 133 Å². The quantitative estimate of drug-likeness (QED) is 0.154. The summed E-state index contributed by atoms with van der Waals surface area (Å²) >= 11 is 18.0. The van der Waals surface area contributed by atoms with Crippen LogP contribution in [-0.4, -0.2) is 52.6 Å². The van der Waals surface area contributed by atoms with E-state index in [1.54, 1.807) is 0 Å². The van der Waals surface area contributed by atoms with Crippen LogP contribution < -0.4 is 4.65 Å². The van der Waals surface area contributed by atoms with Crippen molar-refractivity contribution in [2.24, 2.45) is 0 Å². The normalized spacial score (nSPS) is 10.9. The molecule has 12 aromatic rings. The van der Waals surface area contributed by atoms with Gasteiger partial charge in [0, 0.05) is 28.6 Å². The summed E-state index contributed by atoms with van der Waals surface area (Å²) in [5.41, 5.74) is 8.51. The second kappa shape index (κ2) is 21.4. The van der Waals surface area contributed by atoms with Gasteiger partial charge in [-0.25, -0.2) is 15.0 Å². The maximum atomic E-state index is 8.76. The van der Waals surface area contributed by atoms with Crippen molar-refractivity contribution in [1.82, 2.24) is 39.9 Å². The average molecular weight is 997 g/mol. The van der Waals surface area contributed by atoms with Gasteiger partial charge in [-0.2, -0.15) is 24.9 Å². The van der Waals surface area contributed by atoms with E-state index in [1.807, 2.05) is 117 Å². The van der Waals surface area contributed by atoms with Gasteiger partial charge in [-0.05, 0) is 132 Å². The molecule has 0 aliphatic heterocycles. The number of hydrogen-bond donors (Lipinski definition) is 1. The smallest absolute Gasteiger partial charge is 0.523 e. The molecule has 4 heterocycles. The van der Waals surface area contributed by atoms with Crippen LogP contribution in [0.4, 0.5) is 0 Å². The molecule has 14 heteroatoms. The summed E-state index contributed by atoms with van der Waals surface area (Å²) in [6.45, 7) is 3.88. The summed E-state index contributed by atoms with van der Waals surface area (Å²) in [5, 5.41) is 18.2. The maximum absolute atomic E-state index is 8.76. The summed E-state index contributed by atoms with van der Waals surface area (Å²) in [5.74, 6) is 1.85. The van der Waals surface area contributed by atoms with E-state index in [2.05, 4.69) is 121 Å². The molecule has 0 aliphatic carbocycles. The first kappa shape index (κ1) is 47.5. The van der Waals surface area contributed by atoms with Gasteiger partial charge >= 0.3 is 7.69 Å². The Kier molecular flexibility index (Phi) is 14.1. The van der Waals surface area contributed by atoms with E-state index in [9.17, 15) is 0 Å². The highest BCUT2D eigenvalue weighted by Gasteiger charge is 2.16. The molecule has 8 aromatic carbocycles. The minimum absolute atomic E-state index is 0.0953. The summed E-state index contributed by atoms with van der Waals surface area (Å²) in [6, 6.07) is 65.2. The van der Waals surface area contributed by atoms with Crippen LogP contribution in [0.15, 0.2) is 194 Å². The Hall–Kier alpha value is -8.19. The van der Waals surface area contributed by atoms with Crippen molar-refractivity contribution in [3.8, 4) is 62.4 Å². The Bertz CT molecular complexity index is 3790. The lowest BCUT2D eigenvalue weighted by Gasteiger charge is -2.11. The molecule has 4 aromatic heterocycles. The average Bonchev–Trinajstić information content (AvgIpc) is 3.40. The molecule has 0 aliphatic rings. The first-order valence-corrected chi connectivity index (χ1v) is 23.8. The van der Waals surface area contributed by atoms with E-state index in [0.29, 0.717) is 36.7 Å². The zero-order valence-corrected chi connectivity index (χ0v) is 40.9. The molecule has 1 N–H and O–H groups in total. The molecule has 12 rings (SSSR count). The Balaban J connectivity index is 0.000000134. The van der Waals surface area contributed by atoms with Crippen LogP contribution in [-0.2, 0) is 0 Å². The molecule has 0 spiro atoms. The van der Waals surface area contributed by atoms with Crippen molar-refractivity contribution in [2.45, 2.75) is 13.8 Å². The van der Waals surface area contributed by atoms with Crippen molar-refractivity contribution < 1.29 is 9.68 Å². The minimum Gasteiger partial charge on any atom is -0.523 e. The van der Waals surface area contributed by atoms with Crippen molar-refractivity contribution in [3.05, 3.63) is 221 Å². The second-order valence-electron chi connectivity index (χ2n) is 16.5. The molecule has 0 unspecified atom stereocenters. The van der Waals surface area contributed by atoms with Gasteiger partial charge in [0.05, 0.1) is 0 Å². The number of aromatic nitrogens is 8. The third-order valence-corrected chi connectivity index (χ3v) is 12.2. The lowest BCUT2D eigenvalue weighted by atomic mass is 9.98. The fourth-order valence-corrected chi connectivity index (χ4v) is 9.20. The van der Waals surface area contributed by atoms with Gasteiger partial charge in [-0.15, -0.1) is 0 Å². The molecule has 0 fully saturated rings. The Labute approximate surface area is 430 Å².